The Morgan fingerprint density at radius 3 is 2.76 bits per heavy atom. The lowest BCUT2D eigenvalue weighted by molar-refractivity contribution is -0.130. The molecule has 1 saturated heterocycles. The van der Waals surface area contributed by atoms with Crippen LogP contribution in [0.4, 0.5) is 0 Å². The van der Waals surface area contributed by atoms with E-state index in [0.29, 0.717) is 25.9 Å². The molecule has 7 heteroatoms. The molecule has 0 aliphatic carbocycles. The first kappa shape index (κ1) is 13.4. The minimum Gasteiger partial charge on any atom is -0.370 e. The van der Waals surface area contributed by atoms with E-state index in [4.69, 9.17) is 11.5 Å². The first-order valence-corrected chi connectivity index (χ1v) is 5.60. The number of nitrogens with zero attached hydrogens (tertiary/aromatic N) is 1. The van der Waals surface area contributed by atoms with Gasteiger partial charge in [-0.25, -0.2) is 0 Å². The molecule has 0 aromatic rings. The van der Waals surface area contributed by atoms with Gasteiger partial charge in [-0.15, -0.1) is 0 Å². The molecule has 1 amide bonds. The first-order valence-electron chi connectivity index (χ1n) is 5.60. The molecular formula is C10H19N5O2. The second-order valence-electron chi connectivity index (χ2n) is 4.08. The summed E-state index contributed by atoms with van der Waals surface area (Å²) < 4.78 is 0. The molecule has 1 fully saturated rings. The maximum atomic E-state index is 11.6. The van der Waals surface area contributed by atoms with Crippen molar-refractivity contribution in [2.24, 2.45) is 16.5 Å². The average molecular weight is 241 g/mol. The SMILES string of the molecule is CC(=O)[C@@H]1CN[C@H](CCCN=C(N)N)C(=O)N1. The Labute approximate surface area is 100 Å². The fourth-order valence-electron chi connectivity index (χ4n) is 1.66. The molecule has 0 spiro atoms. The molecule has 0 aromatic carbocycles. The monoisotopic (exact) mass is 241 g/mol. The van der Waals surface area contributed by atoms with Crippen molar-refractivity contribution in [1.29, 1.82) is 0 Å². The van der Waals surface area contributed by atoms with Gasteiger partial charge < -0.3 is 22.1 Å². The molecule has 0 aromatic heterocycles. The summed E-state index contributed by atoms with van der Waals surface area (Å²) in [6, 6.07) is -0.670. The zero-order valence-corrected chi connectivity index (χ0v) is 9.90. The van der Waals surface area contributed by atoms with Crippen molar-refractivity contribution in [3.8, 4) is 0 Å². The molecule has 0 radical (unpaired) electrons. The average Bonchev–Trinajstić information content (AvgIpc) is 2.25. The number of nitrogens with two attached hydrogens (primary N) is 2. The van der Waals surface area contributed by atoms with Crippen LogP contribution in [0.15, 0.2) is 4.99 Å². The predicted octanol–water partition coefficient (Wildman–Crippen LogP) is -1.91. The third-order valence-corrected chi connectivity index (χ3v) is 2.64. The second kappa shape index (κ2) is 6.19. The van der Waals surface area contributed by atoms with Crippen molar-refractivity contribution in [2.45, 2.75) is 31.8 Å². The van der Waals surface area contributed by atoms with Gasteiger partial charge in [0.1, 0.15) is 0 Å². The van der Waals surface area contributed by atoms with Crippen LogP contribution >= 0.6 is 0 Å². The molecule has 6 N–H and O–H groups in total. The normalized spacial score (nSPS) is 23.9. The Morgan fingerprint density at radius 2 is 2.24 bits per heavy atom. The van der Waals surface area contributed by atoms with Gasteiger partial charge in [-0.05, 0) is 19.8 Å². The lowest BCUT2D eigenvalue weighted by Crippen LogP contribution is -2.60. The third-order valence-electron chi connectivity index (χ3n) is 2.64. The van der Waals surface area contributed by atoms with Crippen LogP contribution in [0.3, 0.4) is 0 Å². The van der Waals surface area contributed by atoms with E-state index in [1.165, 1.54) is 6.92 Å². The Kier molecular flexibility index (Phi) is 4.89. The van der Waals surface area contributed by atoms with Crippen molar-refractivity contribution < 1.29 is 9.59 Å². The maximum absolute atomic E-state index is 11.6. The van der Waals surface area contributed by atoms with Crippen LogP contribution in [-0.4, -0.2) is 42.8 Å². The van der Waals surface area contributed by atoms with Gasteiger partial charge in [0.25, 0.3) is 0 Å². The summed E-state index contributed by atoms with van der Waals surface area (Å²) in [6.45, 7) is 2.45. The zero-order valence-electron chi connectivity index (χ0n) is 9.90. The topological polar surface area (TPSA) is 123 Å². The van der Waals surface area contributed by atoms with Crippen LogP contribution in [0.1, 0.15) is 19.8 Å². The number of hydrogen-bond acceptors (Lipinski definition) is 4. The summed E-state index contributed by atoms with van der Waals surface area (Å²) in [6.07, 6.45) is 1.36. The minimum absolute atomic E-state index is 0.0372. The van der Waals surface area contributed by atoms with E-state index in [-0.39, 0.29) is 23.7 Å². The zero-order chi connectivity index (χ0) is 12.8. The largest absolute Gasteiger partial charge is 0.370 e. The van der Waals surface area contributed by atoms with E-state index in [2.05, 4.69) is 15.6 Å². The molecule has 7 nitrogen and oxygen atoms in total. The lowest BCUT2D eigenvalue weighted by atomic mass is 10.0. The number of rotatable bonds is 5. The van der Waals surface area contributed by atoms with Gasteiger partial charge in [-0.3, -0.25) is 14.6 Å². The first-order chi connectivity index (χ1) is 8.00. The number of guanidine groups is 1. The fraction of sp³-hybridized carbons (Fsp3) is 0.700. The molecule has 17 heavy (non-hydrogen) atoms. The third kappa shape index (κ3) is 4.39. The van der Waals surface area contributed by atoms with Gasteiger partial charge in [-0.2, -0.15) is 0 Å². The summed E-state index contributed by atoms with van der Waals surface area (Å²) in [5, 5.41) is 5.72. The van der Waals surface area contributed by atoms with Gasteiger partial charge >= 0.3 is 0 Å². The van der Waals surface area contributed by atoms with Crippen molar-refractivity contribution in [2.75, 3.05) is 13.1 Å². The van der Waals surface area contributed by atoms with Crippen molar-refractivity contribution >= 4 is 17.6 Å². The van der Waals surface area contributed by atoms with Gasteiger partial charge in [0.15, 0.2) is 11.7 Å². The van der Waals surface area contributed by atoms with E-state index in [1.807, 2.05) is 0 Å². The number of carbonyl (C=O) groups excluding carboxylic acids is 2. The van der Waals surface area contributed by atoms with Crippen LogP contribution in [-0.2, 0) is 9.59 Å². The van der Waals surface area contributed by atoms with Crippen LogP contribution in [0.25, 0.3) is 0 Å². The number of piperazine rings is 1. The van der Waals surface area contributed by atoms with E-state index in [1.54, 1.807) is 0 Å². The standard InChI is InChI=1S/C10H19N5O2/c1-6(16)8-5-14-7(9(17)15-8)3-2-4-13-10(11)12/h7-8,14H,2-5H2,1H3,(H,15,17)(H4,11,12,13)/t7-,8+/m1/s1. The van der Waals surface area contributed by atoms with E-state index in [0.717, 1.165) is 0 Å². The van der Waals surface area contributed by atoms with Crippen molar-refractivity contribution in [1.82, 2.24) is 10.6 Å². The predicted molar refractivity (Wildman–Crippen MR) is 64.3 cm³/mol. The minimum atomic E-state index is -0.406. The summed E-state index contributed by atoms with van der Waals surface area (Å²) in [7, 11) is 0. The van der Waals surface area contributed by atoms with E-state index >= 15 is 0 Å². The highest BCUT2D eigenvalue weighted by Gasteiger charge is 2.28. The number of Topliss-reactive ketones (excluding diaryl/α,β-unsaturated/α-hetero) is 1. The Morgan fingerprint density at radius 1 is 1.53 bits per heavy atom. The number of aliphatic imine (C=N–C) groups is 1. The van der Waals surface area contributed by atoms with Crippen molar-refractivity contribution in [3.63, 3.8) is 0 Å². The van der Waals surface area contributed by atoms with Crippen LogP contribution < -0.4 is 22.1 Å². The molecule has 1 aliphatic rings. The van der Waals surface area contributed by atoms with Gasteiger partial charge in [0.2, 0.25) is 5.91 Å². The highest BCUT2D eigenvalue weighted by molar-refractivity contribution is 5.91. The van der Waals surface area contributed by atoms with Gasteiger partial charge in [-0.1, -0.05) is 0 Å². The molecule has 1 heterocycles. The molecule has 1 rings (SSSR count). The van der Waals surface area contributed by atoms with Crippen LogP contribution in [0, 0.1) is 0 Å². The molecule has 0 bridgehead atoms. The Bertz CT molecular complexity index is 325. The molecular weight excluding hydrogens is 222 g/mol. The van der Waals surface area contributed by atoms with Crippen LogP contribution in [0.2, 0.25) is 0 Å². The quantitative estimate of drug-likeness (QED) is 0.254. The number of nitrogens with one attached hydrogen (secondary N) is 2. The molecule has 2 atom stereocenters. The number of ketones is 1. The van der Waals surface area contributed by atoms with Crippen LogP contribution in [0.5, 0.6) is 0 Å². The Hall–Kier alpha value is -1.63. The summed E-state index contributed by atoms with van der Waals surface area (Å²) in [5.41, 5.74) is 10.4. The molecule has 1 aliphatic heterocycles. The summed E-state index contributed by atoms with van der Waals surface area (Å²) >= 11 is 0. The summed E-state index contributed by atoms with van der Waals surface area (Å²) in [5.74, 6) is -0.117. The molecule has 0 saturated carbocycles. The van der Waals surface area contributed by atoms with Crippen molar-refractivity contribution in [3.05, 3.63) is 0 Å². The molecule has 0 unspecified atom stereocenters. The van der Waals surface area contributed by atoms with E-state index < -0.39 is 6.04 Å². The second-order valence-corrected chi connectivity index (χ2v) is 4.08. The molecule has 96 valence electrons. The van der Waals surface area contributed by atoms with Gasteiger partial charge in [0.05, 0.1) is 12.1 Å². The highest BCUT2D eigenvalue weighted by atomic mass is 16.2. The number of hydrogen-bond donors (Lipinski definition) is 4. The fourth-order valence-corrected chi connectivity index (χ4v) is 1.66. The lowest BCUT2D eigenvalue weighted by Gasteiger charge is -2.28. The van der Waals surface area contributed by atoms with E-state index in [9.17, 15) is 9.59 Å². The maximum Gasteiger partial charge on any atom is 0.237 e. The highest BCUT2D eigenvalue weighted by Crippen LogP contribution is 2.03. The number of amides is 1. The Balaban J connectivity index is 2.30. The van der Waals surface area contributed by atoms with Gasteiger partial charge in [0, 0.05) is 13.1 Å². The summed E-state index contributed by atoms with van der Waals surface area (Å²) in [4.78, 5) is 26.5. The number of carbonyl (C=O) groups is 2. The smallest absolute Gasteiger partial charge is 0.237 e.